The highest BCUT2D eigenvalue weighted by atomic mass is 15.0. The number of benzene rings is 8. The molecule has 0 saturated carbocycles. The minimum absolute atomic E-state index is 0.0672. The van der Waals surface area contributed by atoms with Crippen molar-refractivity contribution in [3.05, 3.63) is 264 Å². The van der Waals surface area contributed by atoms with Crippen LogP contribution in [0.5, 0.6) is 0 Å². The minimum Gasteiger partial charge on any atom is -0.256 e. The fourth-order valence-electron chi connectivity index (χ4n) is 10.2. The van der Waals surface area contributed by atoms with Gasteiger partial charge in [-0.15, -0.1) is 0 Å². The summed E-state index contributed by atoms with van der Waals surface area (Å²) in [6, 6.07) is 78.7. The summed E-state index contributed by atoms with van der Waals surface area (Å²) >= 11 is 0. The average Bonchev–Trinajstić information content (AvgIpc) is 3.43. The Labute approximate surface area is 394 Å². The predicted octanol–water partition coefficient (Wildman–Crippen LogP) is 14.4. The lowest BCUT2D eigenvalue weighted by Crippen LogP contribution is -2.27. The quantitative estimate of drug-likeness (QED) is 0.151. The molecule has 0 N–H and O–H groups in total. The summed E-state index contributed by atoms with van der Waals surface area (Å²) in [5.74, 6) is 2.80. The standard InChI is InChI=1S/C62H40N6/c1-4-16-39(17-5-1)59-64-55(38-56(65-59)46-25-15-23-44(35-46)54-28-12-13-33-63-54)45-24-14-22-42(34-45)43-29-31-50-52(36-43)57-48-26-10-11-27-49(48)58(50)53-37-47(30-32-51(53)57)62-67-60(40-18-6-2-7-19-40)66-61(68-62)41-20-8-3-9-21-41/h1-38,57-58H. The lowest BCUT2D eigenvalue weighted by molar-refractivity contribution is 0.755. The molecule has 6 nitrogen and oxygen atoms in total. The first-order valence-corrected chi connectivity index (χ1v) is 23.0. The average molecular weight is 869 g/mol. The van der Waals surface area contributed by atoms with Crippen LogP contribution in [0, 0.1) is 0 Å². The monoisotopic (exact) mass is 868 g/mol. The summed E-state index contributed by atoms with van der Waals surface area (Å²) in [7, 11) is 0. The van der Waals surface area contributed by atoms with E-state index in [9.17, 15) is 0 Å². The van der Waals surface area contributed by atoms with Gasteiger partial charge in [0, 0.05) is 57.0 Å². The van der Waals surface area contributed by atoms with Gasteiger partial charge in [0.15, 0.2) is 23.3 Å². The van der Waals surface area contributed by atoms with E-state index in [1.54, 1.807) is 0 Å². The molecular weight excluding hydrogens is 829 g/mol. The summed E-state index contributed by atoms with van der Waals surface area (Å²) < 4.78 is 0. The fraction of sp³-hybridized carbons (Fsp3) is 0.0323. The number of rotatable bonds is 8. The second-order valence-corrected chi connectivity index (χ2v) is 17.4. The van der Waals surface area contributed by atoms with Crippen LogP contribution in [0.1, 0.15) is 45.2 Å². The maximum atomic E-state index is 5.20. The number of hydrogen-bond donors (Lipinski definition) is 0. The summed E-state index contributed by atoms with van der Waals surface area (Å²) in [5, 5.41) is 0. The van der Waals surface area contributed by atoms with E-state index in [-0.39, 0.29) is 11.8 Å². The lowest BCUT2D eigenvalue weighted by atomic mass is 9.60. The molecule has 3 aliphatic carbocycles. The molecule has 3 aliphatic rings. The number of aromatic nitrogens is 6. The van der Waals surface area contributed by atoms with Gasteiger partial charge in [0.05, 0.1) is 17.1 Å². The van der Waals surface area contributed by atoms with Gasteiger partial charge in [0.25, 0.3) is 0 Å². The molecular formula is C62H40N6. The largest absolute Gasteiger partial charge is 0.256 e. The molecule has 0 saturated heterocycles. The van der Waals surface area contributed by atoms with Crippen LogP contribution in [0.3, 0.4) is 0 Å². The molecule has 318 valence electrons. The minimum atomic E-state index is 0.0672. The molecule has 0 radical (unpaired) electrons. The van der Waals surface area contributed by atoms with Crippen LogP contribution in [0.15, 0.2) is 231 Å². The van der Waals surface area contributed by atoms with Gasteiger partial charge in [-0.05, 0) is 87.0 Å². The van der Waals surface area contributed by atoms with E-state index in [1.165, 1.54) is 38.9 Å². The third-order valence-electron chi connectivity index (χ3n) is 13.4. The van der Waals surface area contributed by atoms with Crippen LogP contribution in [0.4, 0.5) is 0 Å². The van der Waals surface area contributed by atoms with Gasteiger partial charge in [0.2, 0.25) is 0 Å². The van der Waals surface area contributed by atoms with E-state index in [4.69, 9.17) is 24.9 Å². The number of pyridine rings is 1. The normalized spacial score (nSPS) is 14.2. The molecule has 2 unspecified atom stereocenters. The van der Waals surface area contributed by atoms with Crippen molar-refractivity contribution in [3.8, 4) is 90.5 Å². The summed E-state index contributed by atoms with van der Waals surface area (Å²) in [5.41, 5.74) is 19.9. The zero-order valence-electron chi connectivity index (χ0n) is 36.8. The molecule has 6 heteroatoms. The lowest BCUT2D eigenvalue weighted by Gasteiger charge is -2.42. The maximum absolute atomic E-state index is 5.20. The Kier molecular flexibility index (Phi) is 9.53. The van der Waals surface area contributed by atoms with Crippen LogP contribution >= 0.6 is 0 Å². The van der Waals surface area contributed by atoms with Crippen LogP contribution in [-0.2, 0) is 0 Å². The molecule has 2 bridgehead atoms. The molecule has 8 aromatic carbocycles. The van der Waals surface area contributed by atoms with Crippen molar-refractivity contribution < 1.29 is 0 Å². The second kappa shape index (κ2) is 16.5. The fourth-order valence-corrected chi connectivity index (χ4v) is 10.2. The molecule has 11 aromatic rings. The van der Waals surface area contributed by atoms with Gasteiger partial charge in [-0.25, -0.2) is 24.9 Å². The van der Waals surface area contributed by atoms with Crippen LogP contribution in [0.2, 0.25) is 0 Å². The zero-order chi connectivity index (χ0) is 45.0. The SMILES string of the molecule is c1ccc(-c2nc(-c3cccc(-c4ccc5c(c4)C4c6ccccc6C5c5cc(-c6nc(-c7ccccc7)nc(-c7ccccc7)n6)ccc54)c3)cc(-c3cccc(-c4ccccn4)c3)n2)cc1. The van der Waals surface area contributed by atoms with Crippen LogP contribution in [-0.4, -0.2) is 29.9 Å². The first-order chi connectivity index (χ1) is 33.7. The molecule has 0 fully saturated rings. The third kappa shape index (κ3) is 6.98. The molecule has 0 amide bonds. The van der Waals surface area contributed by atoms with Crippen molar-refractivity contribution in [2.75, 3.05) is 0 Å². The molecule has 3 heterocycles. The Morgan fingerprint density at radius 2 is 0.603 bits per heavy atom. The highest BCUT2D eigenvalue weighted by Crippen LogP contribution is 2.56. The summed E-state index contributed by atoms with van der Waals surface area (Å²) in [6.45, 7) is 0. The van der Waals surface area contributed by atoms with Crippen LogP contribution in [0.25, 0.3) is 90.5 Å². The van der Waals surface area contributed by atoms with Crippen LogP contribution < -0.4 is 0 Å². The highest BCUT2D eigenvalue weighted by molar-refractivity contribution is 5.80. The molecule has 0 spiro atoms. The molecule has 14 rings (SSSR count). The molecule has 0 aliphatic heterocycles. The highest BCUT2D eigenvalue weighted by Gasteiger charge is 2.41. The van der Waals surface area contributed by atoms with Crippen molar-refractivity contribution in [2.45, 2.75) is 11.8 Å². The maximum Gasteiger partial charge on any atom is 0.164 e. The van der Waals surface area contributed by atoms with Gasteiger partial charge >= 0.3 is 0 Å². The van der Waals surface area contributed by atoms with Crippen molar-refractivity contribution in [1.82, 2.24) is 29.9 Å². The van der Waals surface area contributed by atoms with Crippen molar-refractivity contribution in [3.63, 3.8) is 0 Å². The number of hydrogen-bond acceptors (Lipinski definition) is 6. The molecule has 3 aromatic heterocycles. The Morgan fingerprint density at radius 1 is 0.221 bits per heavy atom. The second-order valence-electron chi connectivity index (χ2n) is 17.4. The van der Waals surface area contributed by atoms with Gasteiger partial charge in [-0.2, -0.15) is 0 Å². The molecule has 2 atom stereocenters. The third-order valence-corrected chi connectivity index (χ3v) is 13.4. The Morgan fingerprint density at radius 3 is 1.13 bits per heavy atom. The van der Waals surface area contributed by atoms with E-state index in [1.807, 2.05) is 79.0 Å². The molecule has 68 heavy (non-hydrogen) atoms. The zero-order valence-corrected chi connectivity index (χ0v) is 36.8. The van der Waals surface area contributed by atoms with E-state index < -0.39 is 0 Å². The number of nitrogens with zero attached hydrogens (tertiary/aromatic N) is 6. The van der Waals surface area contributed by atoms with Crippen molar-refractivity contribution in [1.29, 1.82) is 0 Å². The Bertz CT molecular complexity index is 3630. The summed E-state index contributed by atoms with van der Waals surface area (Å²) in [4.78, 5) is 30.1. The Hall–Kier alpha value is -9.00. The van der Waals surface area contributed by atoms with E-state index in [0.29, 0.717) is 23.3 Å². The van der Waals surface area contributed by atoms with Gasteiger partial charge in [0.1, 0.15) is 0 Å². The smallest absolute Gasteiger partial charge is 0.164 e. The summed E-state index contributed by atoms with van der Waals surface area (Å²) in [6.07, 6.45) is 1.83. The van der Waals surface area contributed by atoms with Gasteiger partial charge in [-0.1, -0.05) is 182 Å². The topological polar surface area (TPSA) is 77.3 Å². The van der Waals surface area contributed by atoms with E-state index >= 15 is 0 Å². The van der Waals surface area contributed by atoms with Gasteiger partial charge < -0.3 is 0 Å². The van der Waals surface area contributed by atoms with Crippen molar-refractivity contribution >= 4 is 0 Å². The first-order valence-electron chi connectivity index (χ1n) is 23.0. The van der Waals surface area contributed by atoms with E-state index in [0.717, 1.165) is 61.6 Å². The predicted molar refractivity (Wildman–Crippen MR) is 271 cm³/mol. The van der Waals surface area contributed by atoms with Gasteiger partial charge in [-0.3, -0.25) is 4.98 Å². The Balaban J connectivity index is 0.889. The van der Waals surface area contributed by atoms with E-state index in [2.05, 4.69) is 157 Å². The van der Waals surface area contributed by atoms with Crippen molar-refractivity contribution in [2.24, 2.45) is 0 Å². The first kappa shape index (κ1) is 39.4.